The predicted molar refractivity (Wildman–Crippen MR) is 61.8 cm³/mol. The van der Waals surface area contributed by atoms with Crippen LogP contribution in [0.4, 0.5) is 5.13 Å². The third-order valence-corrected chi connectivity index (χ3v) is 2.68. The van der Waals surface area contributed by atoms with E-state index >= 15 is 0 Å². The Morgan fingerprint density at radius 2 is 2.43 bits per heavy atom. The van der Waals surface area contributed by atoms with Crippen molar-refractivity contribution in [3.8, 4) is 0 Å². The van der Waals surface area contributed by atoms with Crippen LogP contribution in [0.5, 0.6) is 0 Å². The molecule has 1 unspecified atom stereocenters. The van der Waals surface area contributed by atoms with Crippen LogP contribution in [0.15, 0.2) is 12.7 Å². The van der Waals surface area contributed by atoms with Crippen LogP contribution in [-0.4, -0.2) is 15.4 Å². The summed E-state index contributed by atoms with van der Waals surface area (Å²) in [6.07, 6.45) is 5.36. The molecule has 14 heavy (non-hydrogen) atoms. The highest BCUT2D eigenvalue weighted by molar-refractivity contribution is 7.09. The maximum Gasteiger partial charge on any atom is 0.202 e. The van der Waals surface area contributed by atoms with Crippen molar-refractivity contribution in [2.45, 2.75) is 39.2 Å². The Labute approximate surface area is 89.4 Å². The summed E-state index contributed by atoms with van der Waals surface area (Å²) < 4.78 is 4.12. The summed E-state index contributed by atoms with van der Waals surface area (Å²) in [6.45, 7) is 7.78. The zero-order valence-corrected chi connectivity index (χ0v) is 9.60. The van der Waals surface area contributed by atoms with Gasteiger partial charge in [-0.15, -0.1) is 6.58 Å². The van der Waals surface area contributed by atoms with Gasteiger partial charge in [0.15, 0.2) is 0 Å². The van der Waals surface area contributed by atoms with Crippen LogP contribution in [-0.2, 0) is 0 Å². The molecule has 0 saturated carbocycles. The molecule has 4 heteroatoms. The molecule has 1 heterocycles. The minimum Gasteiger partial charge on any atom is -0.358 e. The molecule has 0 saturated heterocycles. The lowest BCUT2D eigenvalue weighted by Crippen LogP contribution is -2.14. The summed E-state index contributed by atoms with van der Waals surface area (Å²) >= 11 is 1.42. The molecule has 78 valence electrons. The van der Waals surface area contributed by atoms with E-state index in [2.05, 4.69) is 28.2 Å². The second-order valence-electron chi connectivity index (χ2n) is 3.41. The third-order valence-electron chi connectivity index (χ3n) is 1.94. The van der Waals surface area contributed by atoms with Crippen LogP contribution < -0.4 is 5.32 Å². The molecular formula is C10H17N3S. The lowest BCUT2D eigenvalue weighted by atomic mass is 10.1. The monoisotopic (exact) mass is 211 g/mol. The number of nitrogens with one attached hydrogen (secondary N) is 1. The van der Waals surface area contributed by atoms with Crippen LogP contribution >= 0.6 is 11.5 Å². The van der Waals surface area contributed by atoms with Gasteiger partial charge in [0.2, 0.25) is 5.13 Å². The van der Waals surface area contributed by atoms with Crippen molar-refractivity contribution in [2.75, 3.05) is 5.32 Å². The van der Waals surface area contributed by atoms with Crippen molar-refractivity contribution in [3.63, 3.8) is 0 Å². The fourth-order valence-electron chi connectivity index (χ4n) is 1.21. The van der Waals surface area contributed by atoms with Gasteiger partial charge >= 0.3 is 0 Å². The first-order valence-electron chi connectivity index (χ1n) is 4.90. The molecule has 0 aliphatic rings. The first kappa shape index (κ1) is 11.2. The van der Waals surface area contributed by atoms with E-state index in [1.807, 2.05) is 13.0 Å². The fourth-order valence-corrected chi connectivity index (χ4v) is 1.89. The van der Waals surface area contributed by atoms with E-state index < -0.39 is 0 Å². The number of unbranched alkanes of at least 4 members (excludes halogenated alkanes) is 1. The molecule has 0 aromatic carbocycles. The summed E-state index contributed by atoms with van der Waals surface area (Å²) in [5, 5.41) is 4.26. The predicted octanol–water partition coefficient (Wildman–Crippen LogP) is 3.00. The highest BCUT2D eigenvalue weighted by Gasteiger charge is 2.04. The highest BCUT2D eigenvalue weighted by atomic mass is 32.1. The summed E-state index contributed by atoms with van der Waals surface area (Å²) in [6, 6.07) is 0.460. The smallest absolute Gasteiger partial charge is 0.202 e. The number of hydrogen-bond acceptors (Lipinski definition) is 4. The number of nitrogens with zero attached hydrogens (tertiary/aromatic N) is 2. The van der Waals surface area contributed by atoms with E-state index in [1.165, 1.54) is 18.0 Å². The molecule has 0 radical (unpaired) electrons. The standard InChI is InChI=1S/C10H17N3S/c1-4-5-6-7-8(2)11-10-12-9(3)13-14-10/h4,8H,1,5-7H2,2-3H3,(H,11,12,13). The minimum absolute atomic E-state index is 0.460. The van der Waals surface area contributed by atoms with E-state index in [4.69, 9.17) is 0 Å². The fraction of sp³-hybridized carbons (Fsp3) is 0.600. The van der Waals surface area contributed by atoms with Gasteiger partial charge in [-0.25, -0.2) is 4.98 Å². The molecule has 1 atom stereocenters. The topological polar surface area (TPSA) is 37.8 Å². The van der Waals surface area contributed by atoms with E-state index in [0.717, 1.165) is 23.8 Å². The molecule has 1 N–H and O–H groups in total. The number of aromatic nitrogens is 2. The van der Waals surface area contributed by atoms with Crippen molar-refractivity contribution in [3.05, 3.63) is 18.5 Å². The van der Waals surface area contributed by atoms with E-state index in [-0.39, 0.29) is 0 Å². The molecule has 1 aromatic rings. The van der Waals surface area contributed by atoms with Gasteiger partial charge in [-0.3, -0.25) is 0 Å². The van der Waals surface area contributed by atoms with Gasteiger partial charge in [-0.1, -0.05) is 6.08 Å². The Morgan fingerprint density at radius 1 is 1.64 bits per heavy atom. The first-order valence-corrected chi connectivity index (χ1v) is 5.67. The highest BCUT2D eigenvalue weighted by Crippen LogP contribution is 2.13. The van der Waals surface area contributed by atoms with Crippen molar-refractivity contribution in [1.29, 1.82) is 0 Å². The number of rotatable bonds is 6. The zero-order chi connectivity index (χ0) is 10.4. The van der Waals surface area contributed by atoms with Crippen LogP contribution in [0.2, 0.25) is 0 Å². The molecule has 0 bridgehead atoms. The second kappa shape index (κ2) is 5.75. The molecule has 3 nitrogen and oxygen atoms in total. The average Bonchev–Trinajstić information content (AvgIpc) is 2.52. The van der Waals surface area contributed by atoms with E-state index in [1.54, 1.807) is 0 Å². The summed E-state index contributed by atoms with van der Waals surface area (Å²) in [5.41, 5.74) is 0. The third kappa shape index (κ3) is 3.87. The molecule has 0 amide bonds. The van der Waals surface area contributed by atoms with E-state index in [9.17, 15) is 0 Å². The molecule has 0 fully saturated rings. The number of allylic oxidation sites excluding steroid dienone is 1. The summed E-state index contributed by atoms with van der Waals surface area (Å²) in [7, 11) is 0. The molecule has 0 aliphatic heterocycles. The Kier molecular flexibility index (Phi) is 4.59. The van der Waals surface area contributed by atoms with Gasteiger partial charge in [0, 0.05) is 17.6 Å². The van der Waals surface area contributed by atoms with Gasteiger partial charge in [-0.05, 0) is 33.1 Å². The molecule has 0 spiro atoms. The number of hydrogen-bond donors (Lipinski definition) is 1. The Hall–Kier alpha value is -0.900. The number of anilines is 1. The largest absolute Gasteiger partial charge is 0.358 e. The maximum atomic E-state index is 4.26. The van der Waals surface area contributed by atoms with Crippen molar-refractivity contribution in [1.82, 2.24) is 9.36 Å². The molecule has 0 aliphatic carbocycles. The van der Waals surface area contributed by atoms with E-state index in [0.29, 0.717) is 6.04 Å². The normalized spacial score (nSPS) is 12.4. The van der Waals surface area contributed by atoms with Crippen molar-refractivity contribution >= 4 is 16.7 Å². The first-order chi connectivity index (χ1) is 6.72. The Morgan fingerprint density at radius 3 is 3.00 bits per heavy atom. The van der Waals surface area contributed by atoms with Crippen molar-refractivity contribution < 1.29 is 0 Å². The van der Waals surface area contributed by atoms with Crippen LogP contribution in [0.25, 0.3) is 0 Å². The quantitative estimate of drug-likeness (QED) is 0.580. The number of aryl methyl sites for hydroxylation is 1. The molecule has 1 aromatic heterocycles. The van der Waals surface area contributed by atoms with Crippen LogP contribution in [0, 0.1) is 6.92 Å². The molecular weight excluding hydrogens is 194 g/mol. The second-order valence-corrected chi connectivity index (χ2v) is 4.16. The van der Waals surface area contributed by atoms with Gasteiger partial charge in [0.1, 0.15) is 5.82 Å². The summed E-state index contributed by atoms with van der Waals surface area (Å²) in [4.78, 5) is 4.26. The Balaban J connectivity index is 2.26. The van der Waals surface area contributed by atoms with Crippen LogP contribution in [0.1, 0.15) is 32.0 Å². The maximum absolute atomic E-state index is 4.26. The van der Waals surface area contributed by atoms with Gasteiger partial charge in [-0.2, -0.15) is 4.37 Å². The van der Waals surface area contributed by atoms with Crippen LogP contribution in [0.3, 0.4) is 0 Å². The minimum atomic E-state index is 0.460. The van der Waals surface area contributed by atoms with Gasteiger partial charge in [0.25, 0.3) is 0 Å². The average molecular weight is 211 g/mol. The lowest BCUT2D eigenvalue weighted by molar-refractivity contribution is 0.662. The summed E-state index contributed by atoms with van der Waals surface area (Å²) in [5.74, 6) is 0.843. The zero-order valence-electron chi connectivity index (χ0n) is 8.79. The molecule has 1 rings (SSSR count). The lowest BCUT2D eigenvalue weighted by Gasteiger charge is -2.10. The SMILES string of the molecule is C=CCCCC(C)Nc1nc(C)ns1. The van der Waals surface area contributed by atoms with Gasteiger partial charge < -0.3 is 5.32 Å². The van der Waals surface area contributed by atoms with Crippen molar-refractivity contribution in [2.24, 2.45) is 0 Å². The Bertz CT molecular complexity index is 283. The van der Waals surface area contributed by atoms with Gasteiger partial charge in [0.05, 0.1) is 0 Å².